The van der Waals surface area contributed by atoms with Crippen molar-refractivity contribution in [3.05, 3.63) is 106 Å². The van der Waals surface area contributed by atoms with Crippen LogP contribution in [0.4, 0.5) is 5.69 Å². The molecule has 4 aromatic rings. The van der Waals surface area contributed by atoms with Crippen LogP contribution in [0.5, 0.6) is 28.7 Å². The number of aliphatic hydroxyl groups excluding tert-OH is 3. The number of benzene rings is 4. The molecule has 0 spiro atoms. The average molecular weight is 755 g/mol. The fourth-order valence-electron chi connectivity index (χ4n) is 6.70. The Bertz CT molecular complexity index is 1840. The minimum absolute atomic E-state index is 0.129. The molecule has 0 saturated carbocycles. The summed E-state index contributed by atoms with van der Waals surface area (Å²) in [5.41, 5.74) is 5.80. The lowest BCUT2D eigenvalue weighted by Crippen LogP contribution is -2.38. The Morgan fingerprint density at radius 2 is 1.18 bits per heavy atom. The monoisotopic (exact) mass is 754 g/mol. The predicted octanol–water partition coefficient (Wildman–Crippen LogP) is 7.79. The Kier molecular flexibility index (Phi) is 15.6. The SMILES string of the molecule is COc1cc(/C=C\c2cc(OC)c(OCCCCCCCCCCOc3ccc(C4NC(=O)c5ccccc5N4)cc3CO)c(OC)c2)cc(CO)c1CO. The van der Waals surface area contributed by atoms with E-state index in [1.54, 1.807) is 20.3 Å². The van der Waals surface area contributed by atoms with E-state index in [1.165, 1.54) is 7.11 Å². The van der Waals surface area contributed by atoms with Gasteiger partial charge in [0.05, 0.1) is 59.9 Å². The van der Waals surface area contributed by atoms with Crippen molar-refractivity contribution in [2.24, 2.45) is 0 Å². The van der Waals surface area contributed by atoms with Gasteiger partial charge in [-0.25, -0.2) is 0 Å². The highest BCUT2D eigenvalue weighted by molar-refractivity contribution is 6.01. The van der Waals surface area contributed by atoms with Crippen LogP contribution in [0.15, 0.2) is 66.7 Å². The Labute approximate surface area is 323 Å². The van der Waals surface area contributed by atoms with Crippen LogP contribution >= 0.6 is 0 Å². The highest BCUT2D eigenvalue weighted by Gasteiger charge is 2.25. The summed E-state index contributed by atoms with van der Waals surface area (Å²) in [7, 11) is 4.75. The number of rotatable bonds is 22. The number of hydrogen-bond acceptors (Lipinski definition) is 10. The van der Waals surface area contributed by atoms with Crippen molar-refractivity contribution in [1.82, 2.24) is 5.32 Å². The van der Waals surface area contributed by atoms with Crippen LogP contribution in [0.25, 0.3) is 12.2 Å². The van der Waals surface area contributed by atoms with Gasteiger partial charge in [0.1, 0.15) is 17.7 Å². The first kappa shape index (κ1) is 40.9. The van der Waals surface area contributed by atoms with Gasteiger partial charge in [-0.3, -0.25) is 4.79 Å². The van der Waals surface area contributed by atoms with Crippen LogP contribution in [0.1, 0.15) is 101 Å². The summed E-state index contributed by atoms with van der Waals surface area (Å²) in [5.74, 6) is 2.79. The van der Waals surface area contributed by atoms with E-state index in [4.69, 9.17) is 23.7 Å². The lowest BCUT2D eigenvalue weighted by molar-refractivity contribution is 0.0935. The molecule has 1 amide bonds. The molecule has 11 heteroatoms. The van der Waals surface area contributed by atoms with Crippen LogP contribution in [0.2, 0.25) is 0 Å². The second-order valence-electron chi connectivity index (χ2n) is 13.4. The van der Waals surface area contributed by atoms with Gasteiger partial charge in [0, 0.05) is 16.8 Å². The molecular formula is C44H54N2O9. The highest BCUT2D eigenvalue weighted by atomic mass is 16.5. The molecule has 0 aliphatic carbocycles. The fourth-order valence-corrected chi connectivity index (χ4v) is 6.70. The molecule has 1 atom stereocenters. The van der Waals surface area contributed by atoms with E-state index in [-0.39, 0.29) is 31.9 Å². The van der Waals surface area contributed by atoms with Crippen LogP contribution < -0.4 is 34.3 Å². The first-order valence-corrected chi connectivity index (χ1v) is 18.9. The van der Waals surface area contributed by atoms with E-state index in [0.717, 1.165) is 73.7 Å². The quantitative estimate of drug-likeness (QED) is 0.0398. The molecule has 5 rings (SSSR count). The molecule has 0 saturated heterocycles. The lowest BCUT2D eigenvalue weighted by atomic mass is 10.0. The van der Waals surface area contributed by atoms with Crippen LogP contribution in [0, 0.1) is 0 Å². The Hall–Kier alpha value is -5.23. The molecule has 294 valence electrons. The molecule has 0 bridgehead atoms. The smallest absolute Gasteiger partial charge is 0.255 e. The molecule has 0 aromatic heterocycles. The summed E-state index contributed by atoms with van der Waals surface area (Å²) in [5, 5.41) is 35.8. The van der Waals surface area contributed by atoms with Gasteiger partial charge in [0.15, 0.2) is 11.5 Å². The van der Waals surface area contributed by atoms with Gasteiger partial charge in [0.2, 0.25) is 5.75 Å². The number of carbonyl (C=O) groups excluding carboxylic acids is 1. The van der Waals surface area contributed by atoms with Crippen molar-refractivity contribution in [2.45, 2.75) is 77.4 Å². The van der Waals surface area contributed by atoms with Crippen molar-refractivity contribution in [3.63, 3.8) is 0 Å². The van der Waals surface area contributed by atoms with Crippen molar-refractivity contribution in [2.75, 3.05) is 39.9 Å². The van der Waals surface area contributed by atoms with Gasteiger partial charge >= 0.3 is 0 Å². The lowest BCUT2D eigenvalue weighted by Gasteiger charge is -2.28. The minimum atomic E-state index is -0.383. The van der Waals surface area contributed by atoms with Crippen LogP contribution in [-0.2, 0) is 19.8 Å². The standard InChI is InChI=1S/C44H54N2O9/c1-51-39-23-30(22-33(27-47)36(39)29-49)16-17-31-24-40(52-2)42(41(25-31)53-3)55-21-13-9-7-5-4-6-8-12-20-54-38-19-18-32(26-34(38)28-48)43-45-37-15-11-10-14-35(37)44(50)46-43/h10-11,14-19,22-26,43,45,47-49H,4-9,12-13,20-21,27-29H2,1-3H3,(H,46,50)/b17-16-. The second-order valence-corrected chi connectivity index (χ2v) is 13.4. The number of aliphatic hydroxyl groups is 3. The van der Waals surface area contributed by atoms with Gasteiger partial charge < -0.3 is 49.6 Å². The Balaban J connectivity index is 0.982. The third kappa shape index (κ3) is 10.9. The highest BCUT2D eigenvalue weighted by Crippen LogP contribution is 2.39. The number of methoxy groups -OCH3 is 3. The van der Waals surface area contributed by atoms with E-state index in [0.29, 0.717) is 64.2 Å². The molecule has 5 N–H and O–H groups in total. The number of para-hydroxylation sites is 1. The number of carbonyl (C=O) groups is 1. The molecule has 0 fully saturated rings. The summed E-state index contributed by atoms with van der Waals surface area (Å²) in [6, 6.07) is 20.5. The number of ether oxygens (including phenoxy) is 5. The van der Waals surface area contributed by atoms with Crippen molar-refractivity contribution in [3.8, 4) is 28.7 Å². The third-order valence-corrected chi connectivity index (χ3v) is 9.70. The number of hydrogen-bond donors (Lipinski definition) is 5. The zero-order valence-electron chi connectivity index (χ0n) is 32.1. The maximum absolute atomic E-state index is 12.5. The van der Waals surface area contributed by atoms with E-state index in [1.807, 2.05) is 72.8 Å². The number of fused-ring (bicyclic) bond motifs is 1. The summed E-state index contributed by atoms with van der Waals surface area (Å²) in [4.78, 5) is 12.5. The molecular weight excluding hydrogens is 700 g/mol. The number of nitrogens with one attached hydrogen (secondary N) is 2. The Morgan fingerprint density at radius 1 is 0.600 bits per heavy atom. The minimum Gasteiger partial charge on any atom is -0.496 e. The Morgan fingerprint density at radius 3 is 1.80 bits per heavy atom. The summed E-state index contributed by atoms with van der Waals surface area (Å²) in [6.07, 6.45) is 12.0. The summed E-state index contributed by atoms with van der Waals surface area (Å²) < 4.78 is 28.9. The number of anilines is 1. The maximum Gasteiger partial charge on any atom is 0.255 e. The molecule has 1 unspecified atom stereocenters. The molecule has 1 aliphatic rings. The molecule has 0 radical (unpaired) electrons. The molecule has 4 aromatic carbocycles. The van der Waals surface area contributed by atoms with Gasteiger partial charge in [-0.15, -0.1) is 0 Å². The molecule has 1 heterocycles. The number of amides is 1. The number of unbranched alkanes of at least 4 members (excludes halogenated alkanes) is 7. The largest absolute Gasteiger partial charge is 0.496 e. The van der Waals surface area contributed by atoms with Gasteiger partial charge in [-0.1, -0.05) is 68.9 Å². The van der Waals surface area contributed by atoms with Gasteiger partial charge in [-0.05, 0) is 83.6 Å². The zero-order valence-corrected chi connectivity index (χ0v) is 32.1. The van der Waals surface area contributed by atoms with E-state index in [2.05, 4.69) is 10.6 Å². The van der Waals surface area contributed by atoms with E-state index >= 15 is 0 Å². The zero-order chi connectivity index (χ0) is 39.0. The second kappa shape index (κ2) is 21.0. The van der Waals surface area contributed by atoms with Crippen molar-refractivity contribution < 1.29 is 43.8 Å². The van der Waals surface area contributed by atoms with E-state index in [9.17, 15) is 20.1 Å². The third-order valence-electron chi connectivity index (χ3n) is 9.70. The maximum atomic E-state index is 12.5. The molecule has 1 aliphatic heterocycles. The molecule has 55 heavy (non-hydrogen) atoms. The fraction of sp³-hybridized carbons (Fsp3) is 0.386. The van der Waals surface area contributed by atoms with Gasteiger partial charge in [-0.2, -0.15) is 0 Å². The average Bonchev–Trinajstić information content (AvgIpc) is 3.22. The van der Waals surface area contributed by atoms with E-state index < -0.39 is 0 Å². The normalized spacial score (nSPS) is 13.6. The van der Waals surface area contributed by atoms with Crippen molar-refractivity contribution >= 4 is 23.7 Å². The first-order chi connectivity index (χ1) is 26.9. The van der Waals surface area contributed by atoms with Crippen molar-refractivity contribution in [1.29, 1.82) is 0 Å². The summed E-state index contributed by atoms with van der Waals surface area (Å²) in [6.45, 7) is 0.564. The predicted molar refractivity (Wildman–Crippen MR) is 214 cm³/mol. The molecule has 11 nitrogen and oxygen atoms in total. The first-order valence-electron chi connectivity index (χ1n) is 18.9. The summed E-state index contributed by atoms with van der Waals surface area (Å²) >= 11 is 0. The van der Waals surface area contributed by atoms with Gasteiger partial charge in [0.25, 0.3) is 5.91 Å². The topological polar surface area (TPSA) is 148 Å². The van der Waals surface area contributed by atoms with Crippen LogP contribution in [0.3, 0.4) is 0 Å². The van der Waals surface area contributed by atoms with Crippen LogP contribution in [-0.4, -0.2) is 55.8 Å².